The van der Waals surface area contributed by atoms with Gasteiger partial charge >= 0.3 is 0 Å². The number of benzene rings is 1. The first-order valence-electron chi connectivity index (χ1n) is 4.66. The van der Waals surface area contributed by atoms with E-state index in [9.17, 15) is 4.39 Å². The third-order valence-corrected chi connectivity index (χ3v) is 2.30. The zero-order valence-electron chi connectivity index (χ0n) is 8.86. The average Bonchev–Trinajstić information content (AvgIpc) is 2.18. The summed E-state index contributed by atoms with van der Waals surface area (Å²) in [5.74, 6) is 0.384. The lowest BCUT2D eigenvalue weighted by Gasteiger charge is -2.10. The van der Waals surface area contributed by atoms with Gasteiger partial charge in [0.1, 0.15) is 11.6 Å². The van der Waals surface area contributed by atoms with Crippen LogP contribution in [0.4, 0.5) is 4.39 Å². The second-order valence-corrected chi connectivity index (χ2v) is 3.25. The molecule has 0 amide bonds. The van der Waals surface area contributed by atoms with Crippen molar-refractivity contribution in [3.63, 3.8) is 0 Å². The Morgan fingerprint density at radius 2 is 2.14 bits per heavy atom. The van der Waals surface area contributed by atoms with Gasteiger partial charge in [-0.05, 0) is 44.1 Å². The lowest BCUT2D eigenvalue weighted by molar-refractivity contribution is 0.407. The first-order valence-corrected chi connectivity index (χ1v) is 4.66. The topological polar surface area (TPSA) is 21.3 Å². The zero-order valence-corrected chi connectivity index (χ0v) is 8.86. The minimum Gasteiger partial charge on any atom is -0.496 e. The Labute approximate surface area is 84.1 Å². The maximum atomic E-state index is 13.1. The summed E-state index contributed by atoms with van der Waals surface area (Å²) < 4.78 is 18.2. The van der Waals surface area contributed by atoms with Crippen LogP contribution in [0.2, 0.25) is 0 Å². The highest BCUT2D eigenvalue weighted by atomic mass is 19.1. The van der Waals surface area contributed by atoms with Gasteiger partial charge in [-0.3, -0.25) is 0 Å². The van der Waals surface area contributed by atoms with E-state index in [2.05, 4.69) is 5.32 Å². The summed E-state index contributed by atoms with van der Waals surface area (Å²) in [6.07, 6.45) is 0.816. The van der Waals surface area contributed by atoms with Crippen LogP contribution >= 0.6 is 0 Å². The van der Waals surface area contributed by atoms with Crippen LogP contribution in [0, 0.1) is 12.7 Å². The molecule has 2 nitrogen and oxygen atoms in total. The highest BCUT2D eigenvalue weighted by Crippen LogP contribution is 2.23. The molecule has 14 heavy (non-hydrogen) atoms. The van der Waals surface area contributed by atoms with Crippen LogP contribution in [0.3, 0.4) is 0 Å². The summed E-state index contributed by atoms with van der Waals surface area (Å²) in [5.41, 5.74) is 2.01. The van der Waals surface area contributed by atoms with Crippen LogP contribution in [0.5, 0.6) is 5.75 Å². The smallest absolute Gasteiger partial charge is 0.127 e. The normalized spacial score (nSPS) is 10.3. The van der Waals surface area contributed by atoms with E-state index in [0.717, 1.165) is 24.1 Å². The molecular weight excluding hydrogens is 181 g/mol. The predicted molar refractivity (Wildman–Crippen MR) is 55.3 cm³/mol. The van der Waals surface area contributed by atoms with Gasteiger partial charge in [-0.1, -0.05) is 0 Å². The van der Waals surface area contributed by atoms with E-state index in [0.29, 0.717) is 5.75 Å². The van der Waals surface area contributed by atoms with Crippen molar-refractivity contribution in [2.24, 2.45) is 0 Å². The molecule has 0 aromatic heterocycles. The summed E-state index contributed by atoms with van der Waals surface area (Å²) in [6, 6.07) is 2.98. The fourth-order valence-corrected chi connectivity index (χ4v) is 1.44. The Kier molecular flexibility index (Phi) is 3.89. The van der Waals surface area contributed by atoms with Crippen molar-refractivity contribution in [3.05, 3.63) is 29.1 Å². The van der Waals surface area contributed by atoms with Crippen LogP contribution in [-0.4, -0.2) is 20.7 Å². The molecule has 1 aromatic rings. The van der Waals surface area contributed by atoms with Gasteiger partial charge in [0.2, 0.25) is 0 Å². The Morgan fingerprint density at radius 3 is 2.71 bits per heavy atom. The monoisotopic (exact) mass is 197 g/mol. The second-order valence-electron chi connectivity index (χ2n) is 3.25. The van der Waals surface area contributed by atoms with E-state index in [1.807, 2.05) is 14.0 Å². The zero-order chi connectivity index (χ0) is 10.6. The van der Waals surface area contributed by atoms with Gasteiger partial charge in [0.05, 0.1) is 7.11 Å². The van der Waals surface area contributed by atoms with Crippen LogP contribution in [0.25, 0.3) is 0 Å². The molecule has 0 saturated heterocycles. The van der Waals surface area contributed by atoms with Crippen LogP contribution in [-0.2, 0) is 6.42 Å². The molecule has 0 aliphatic rings. The third kappa shape index (κ3) is 2.45. The Balaban J connectivity index is 2.96. The maximum absolute atomic E-state index is 13.1. The largest absolute Gasteiger partial charge is 0.496 e. The maximum Gasteiger partial charge on any atom is 0.127 e. The molecule has 0 aliphatic carbocycles. The fourth-order valence-electron chi connectivity index (χ4n) is 1.44. The molecule has 0 aliphatic heterocycles. The van der Waals surface area contributed by atoms with E-state index in [1.165, 1.54) is 6.07 Å². The summed E-state index contributed by atoms with van der Waals surface area (Å²) in [5, 5.41) is 3.04. The number of ether oxygens (including phenoxy) is 1. The summed E-state index contributed by atoms with van der Waals surface area (Å²) in [7, 11) is 3.44. The van der Waals surface area contributed by atoms with Gasteiger partial charge in [0, 0.05) is 6.07 Å². The highest BCUT2D eigenvalue weighted by Gasteiger charge is 2.06. The Bertz CT molecular complexity index is 312. The second kappa shape index (κ2) is 4.96. The molecule has 0 fully saturated rings. The number of methoxy groups -OCH3 is 1. The summed E-state index contributed by atoms with van der Waals surface area (Å²) in [6.45, 7) is 2.79. The molecule has 78 valence electrons. The number of hydrogen-bond donors (Lipinski definition) is 1. The van der Waals surface area contributed by atoms with Gasteiger partial charge in [-0.15, -0.1) is 0 Å². The van der Waals surface area contributed by atoms with Crippen molar-refractivity contribution in [2.45, 2.75) is 13.3 Å². The van der Waals surface area contributed by atoms with Crippen molar-refractivity contribution in [2.75, 3.05) is 20.7 Å². The van der Waals surface area contributed by atoms with E-state index in [-0.39, 0.29) is 5.82 Å². The standard InChI is InChI=1S/C11H16FNO/c1-8-9(4-5-13-2)6-10(12)7-11(8)14-3/h6-7,13H,4-5H2,1-3H3. The molecule has 3 heteroatoms. The first kappa shape index (κ1) is 11.0. The molecule has 0 unspecified atom stereocenters. The van der Waals surface area contributed by atoms with E-state index in [4.69, 9.17) is 4.74 Å². The van der Waals surface area contributed by atoms with Gasteiger partial charge in [-0.25, -0.2) is 4.39 Å². The molecular formula is C11H16FNO. The van der Waals surface area contributed by atoms with Crippen molar-refractivity contribution in [3.8, 4) is 5.75 Å². The lowest BCUT2D eigenvalue weighted by Crippen LogP contribution is -2.11. The third-order valence-electron chi connectivity index (χ3n) is 2.30. The number of hydrogen-bond acceptors (Lipinski definition) is 2. The van der Waals surface area contributed by atoms with E-state index in [1.54, 1.807) is 13.2 Å². The van der Waals surface area contributed by atoms with Gasteiger partial charge in [0.15, 0.2) is 0 Å². The molecule has 1 rings (SSSR count). The molecule has 1 N–H and O–H groups in total. The SMILES string of the molecule is CNCCc1cc(F)cc(OC)c1C. The molecule has 0 radical (unpaired) electrons. The number of nitrogens with one attached hydrogen (secondary N) is 1. The number of rotatable bonds is 4. The predicted octanol–water partition coefficient (Wildman–Crippen LogP) is 1.90. The number of halogens is 1. The van der Waals surface area contributed by atoms with E-state index >= 15 is 0 Å². The number of likely N-dealkylation sites (N-methyl/N-ethyl adjacent to an activating group) is 1. The lowest BCUT2D eigenvalue weighted by atomic mass is 10.0. The molecule has 0 saturated carbocycles. The van der Waals surface area contributed by atoms with Crippen molar-refractivity contribution in [1.29, 1.82) is 0 Å². The van der Waals surface area contributed by atoms with Gasteiger partial charge in [-0.2, -0.15) is 0 Å². The Hall–Kier alpha value is -1.09. The van der Waals surface area contributed by atoms with Crippen molar-refractivity contribution in [1.82, 2.24) is 5.32 Å². The molecule has 1 aromatic carbocycles. The molecule has 0 atom stereocenters. The van der Waals surface area contributed by atoms with Crippen LogP contribution < -0.4 is 10.1 Å². The molecule has 0 heterocycles. The van der Waals surface area contributed by atoms with Crippen LogP contribution in [0.15, 0.2) is 12.1 Å². The van der Waals surface area contributed by atoms with Crippen LogP contribution in [0.1, 0.15) is 11.1 Å². The minimum absolute atomic E-state index is 0.237. The van der Waals surface area contributed by atoms with Gasteiger partial charge in [0.25, 0.3) is 0 Å². The minimum atomic E-state index is -0.237. The quantitative estimate of drug-likeness (QED) is 0.796. The summed E-state index contributed by atoms with van der Waals surface area (Å²) >= 11 is 0. The van der Waals surface area contributed by atoms with E-state index < -0.39 is 0 Å². The van der Waals surface area contributed by atoms with Crippen molar-refractivity contribution < 1.29 is 9.13 Å². The first-order chi connectivity index (χ1) is 6.69. The van der Waals surface area contributed by atoms with Crippen molar-refractivity contribution >= 4 is 0 Å². The molecule has 0 bridgehead atoms. The highest BCUT2D eigenvalue weighted by molar-refractivity contribution is 5.39. The summed E-state index contributed by atoms with van der Waals surface area (Å²) in [4.78, 5) is 0. The average molecular weight is 197 g/mol. The Morgan fingerprint density at radius 1 is 1.43 bits per heavy atom. The molecule has 0 spiro atoms. The fraction of sp³-hybridized carbons (Fsp3) is 0.455. The van der Waals surface area contributed by atoms with Gasteiger partial charge < -0.3 is 10.1 Å².